The van der Waals surface area contributed by atoms with Crippen molar-refractivity contribution in [2.75, 3.05) is 0 Å². The molecule has 4 heteroatoms. The van der Waals surface area contributed by atoms with Crippen LogP contribution < -0.4 is 0 Å². The smallest absolute Gasteiger partial charge is 0.258 e. The lowest BCUT2D eigenvalue weighted by atomic mass is 10.0. The summed E-state index contributed by atoms with van der Waals surface area (Å²) in [6.45, 7) is 3.48. The molecule has 1 rings (SSSR count). The van der Waals surface area contributed by atoms with Crippen molar-refractivity contribution in [3.63, 3.8) is 0 Å². The molecule has 1 aliphatic heterocycles. The van der Waals surface area contributed by atoms with E-state index >= 15 is 0 Å². The monoisotopic (exact) mass is 160 g/mol. The van der Waals surface area contributed by atoms with Gasteiger partial charge >= 0.3 is 11.4 Å². The topological polar surface area (TPSA) is 35.5 Å². The third kappa shape index (κ3) is 1.21. The Morgan fingerprint density at radius 1 is 1.70 bits per heavy atom. The highest BCUT2D eigenvalue weighted by atomic mass is 32.2. The molecular weight excluding hydrogens is 152 g/mol. The van der Waals surface area contributed by atoms with Crippen LogP contribution in [-0.2, 0) is 19.7 Å². The summed E-state index contributed by atoms with van der Waals surface area (Å²) >= 11 is -1.66. The Morgan fingerprint density at radius 3 is 2.50 bits per heavy atom. The van der Waals surface area contributed by atoms with Crippen LogP contribution in [0.1, 0.15) is 13.8 Å². The fraction of sp³-hybridized carbons (Fsp3) is 0.667. The summed E-state index contributed by atoms with van der Waals surface area (Å²) < 4.78 is 20.2. The molecule has 0 bridgehead atoms. The molecule has 0 radical (unpaired) electrons. The molecule has 0 saturated carbocycles. The maximum absolute atomic E-state index is 10.6. The first-order valence-corrected chi connectivity index (χ1v) is 3.81. The molecular formula is C6H8O3S. The van der Waals surface area contributed by atoms with Crippen LogP contribution in [0, 0.1) is 12.3 Å². The summed E-state index contributed by atoms with van der Waals surface area (Å²) in [5, 5.41) is 0. The van der Waals surface area contributed by atoms with Crippen molar-refractivity contribution in [3.05, 3.63) is 0 Å². The molecule has 1 fully saturated rings. The van der Waals surface area contributed by atoms with Gasteiger partial charge in [-0.25, -0.2) is 4.18 Å². The standard InChI is InChI=1S/C6H8O3S/c1-4-5-6(2,3)9-10(7)8-5/h1,5H,2-3H3. The third-order valence-electron chi connectivity index (χ3n) is 1.24. The molecule has 0 N–H and O–H groups in total. The zero-order valence-corrected chi connectivity index (χ0v) is 6.60. The van der Waals surface area contributed by atoms with Crippen molar-refractivity contribution in [2.24, 2.45) is 0 Å². The summed E-state index contributed by atoms with van der Waals surface area (Å²) in [4.78, 5) is 0. The van der Waals surface area contributed by atoms with Crippen LogP contribution in [-0.4, -0.2) is 15.9 Å². The lowest BCUT2D eigenvalue weighted by molar-refractivity contribution is 0.107. The van der Waals surface area contributed by atoms with E-state index < -0.39 is 23.1 Å². The van der Waals surface area contributed by atoms with Crippen LogP contribution in [0.5, 0.6) is 0 Å². The number of hydrogen-bond donors (Lipinski definition) is 0. The second-order valence-corrected chi connectivity index (χ2v) is 3.30. The van der Waals surface area contributed by atoms with Gasteiger partial charge in [0.15, 0.2) is 6.10 Å². The average Bonchev–Trinajstić information content (AvgIpc) is 2.04. The largest absolute Gasteiger partial charge is 0.306 e. The summed E-state index contributed by atoms with van der Waals surface area (Å²) in [5.74, 6) is 2.34. The minimum atomic E-state index is -1.66. The first-order chi connectivity index (χ1) is 4.56. The maximum Gasteiger partial charge on any atom is 0.306 e. The Balaban J connectivity index is 2.79. The van der Waals surface area contributed by atoms with Gasteiger partial charge in [0.2, 0.25) is 0 Å². The maximum atomic E-state index is 10.6. The second kappa shape index (κ2) is 2.35. The molecule has 0 spiro atoms. The minimum absolute atomic E-state index is 0.506. The highest BCUT2D eigenvalue weighted by Crippen LogP contribution is 2.27. The number of hydrogen-bond acceptors (Lipinski definition) is 3. The van der Waals surface area contributed by atoms with Crippen LogP contribution in [0.3, 0.4) is 0 Å². The Labute approximate surface area is 62.6 Å². The highest BCUT2D eigenvalue weighted by molar-refractivity contribution is 7.75. The van der Waals surface area contributed by atoms with Gasteiger partial charge in [0.1, 0.15) is 5.60 Å². The van der Waals surface area contributed by atoms with Gasteiger partial charge in [-0.05, 0) is 13.8 Å². The normalized spacial score (nSPS) is 37.3. The van der Waals surface area contributed by atoms with Gasteiger partial charge in [0, 0.05) is 0 Å². The van der Waals surface area contributed by atoms with E-state index in [1.807, 2.05) is 0 Å². The molecule has 0 aliphatic carbocycles. The van der Waals surface area contributed by atoms with E-state index in [4.69, 9.17) is 14.8 Å². The van der Waals surface area contributed by atoms with Gasteiger partial charge in [0.25, 0.3) is 0 Å². The van der Waals surface area contributed by atoms with Gasteiger partial charge in [-0.1, -0.05) is 5.92 Å². The van der Waals surface area contributed by atoms with E-state index in [1.54, 1.807) is 13.8 Å². The molecule has 0 aromatic rings. The van der Waals surface area contributed by atoms with E-state index in [0.717, 1.165) is 0 Å². The van der Waals surface area contributed by atoms with Crippen LogP contribution in [0.2, 0.25) is 0 Å². The molecule has 2 atom stereocenters. The van der Waals surface area contributed by atoms with Crippen LogP contribution >= 0.6 is 0 Å². The van der Waals surface area contributed by atoms with Crippen molar-refractivity contribution >= 4 is 11.4 Å². The average molecular weight is 160 g/mol. The zero-order chi connectivity index (χ0) is 7.78. The molecule has 3 nitrogen and oxygen atoms in total. The first-order valence-electron chi connectivity index (χ1n) is 2.81. The van der Waals surface area contributed by atoms with Crippen molar-refractivity contribution in [2.45, 2.75) is 25.6 Å². The van der Waals surface area contributed by atoms with Crippen molar-refractivity contribution in [1.29, 1.82) is 0 Å². The second-order valence-electron chi connectivity index (χ2n) is 2.53. The lowest BCUT2D eigenvalue weighted by Crippen LogP contribution is -2.31. The fourth-order valence-electron chi connectivity index (χ4n) is 0.662. The van der Waals surface area contributed by atoms with Gasteiger partial charge in [-0.3, -0.25) is 4.18 Å². The summed E-state index contributed by atoms with van der Waals surface area (Å²) in [7, 11) is 0. The van der Waals surface area contributed by atoms with Crippen molar-refractivity contribution in [3.8, 4) is 12.3 Å². The molecule has 1 heterocycles. The predicted molar refractivity (Wildman–Crippen MR) is 37.0 cm³/mol. The van der Waals surface area contributed by atoms with E-state index in [9.17, 15) is 4.21 Å². The van der Waals surface area contributed by atoms with E-state index in [1.165, 1.54) is 0 Å². The predicted octanol–water partition coefficient (Wildman–Crippen LogP) is 0.392. The summed E-state index contributed by atoms with van der Waals surface area (Å²) in [6, 6.07) is 0. The van der Waals surface area contributed by atoms with Crippen LogP contribution in [0.4, 0.5) is 0 Å². The van der Waals surface area contributed by atoms with E-state index in [0.29, 0.717) is 0 Å². The molecule has 0 aromatic heterocycles. The Morgan fingerprint density at radius 2 is 2.30 bits per heavy atom. The molecule has 10 heavy (non-hydrogen) atoms. The fourth-order valence-corrected chi connectivity index (χ4v) is 1.58. The molecule has 1 aliphatic rings. The van der Waals surface area contributed by atoms with Crippen molar-refractivity contribution in [1.82, 2.24) is 0 Å². The quantitative estimate of drug-likeness (QED) is 0.481. The minimum Gasteiger partial charge on any atom is -0.258 e. The highest BCUT2D eigenvalue weighted by Gasteiger charge is 2.41. The van der Waals surface area contributed by atoms with Gasteiger partial charge in [-0.2, -0.15) is 4.21 Å². The van der Waals surface area contributed by atoms with Crippen LogP contribution in [0.25, 0.3) is 0 Å². The van der Waals surface area contributed by atoms with Gasteiger partial charge in [0.05, 0.1) is 0 Å². The van der Waals surface area contributed by atoms with Gasteiger partial charge < -0.3 is 0 Å². The zero-order valence-electron chi connectivity index (χ0n) is 5.79. The molecule has 2 unspecified atom stereocenters. The number of terminal acetylenes is 1. The van der Waals surface area contributed by atoms with Crippen LogP contribution in [0.15, 0.2) is 0 Å². The third-order valence-corrected chi connectivity index (χ3v) is 2.16. The molecule has 0 amide bonds. The summed E-state index contributed by atoms with van der Waals surface area (Å²) in [5.41, 5.74) is -0.625. The van der Waals surface area contributed by atoms with E-state index in [-0.39, 0.29) is 0 Å². The first kappa shape index (κ1) is 7.73. The Hall–Kier alpha value is -0.370. The Kier molecular flexibility index (Phi) is 1.82. The molecule has 1 saturated heterocycles. The lowest BCUT2D eigenvalue weighted by Gasteiger charge is -2.15. The van der Waals surface area contributed by atoms with Crippen molar-refractivity contribution < 1.29 is 12.6 Å². The van der Waals surface area contributed by atoms with Gasteiger partial charge in [-0.15, -0.1) is 6.42 Å². The SMILES string of the molecule is C#CC1OS(=O)OC1(C)C. The van der Waals surface area contributed by atoms with E-state index in [2.05, 4.69) is 5.92 Å². The number of rotatable bonds is 0. The summed E-state index contributed by atoms with van der Waals surface area (Å²) in [6.07, 6.45) is 4.58. The molecule has 56 valence electrons. The molecule has 0 aromatic carbocycles. The Bertz CT molecular complexity index is 204.